The number of amides is 1. The van der Waals surface area contributed by atoms with Crippen molar-refractivity contribution in [3.8, 4) is 0 Å². The van der Waals surface area contributed by atoms with E-state index in [1.807, 2.05) is 37.3 Å². The minimum Gasteiger partial charge on any atom is -0.347 e. The number of carbonyl (C=O) groups excluding carboxylic acids is 1. The molecule has 126 valence electrons. The molecule has 1 aromatic carbocycles. The quantitative estimate of drug-likeness (QED) is 0.892. The van der Waals surface area contributed by atoms with Crippen LogP contribution in [0.1, 0.15) is 48.2 Å². The van der Waals surface area contributed by atoms with Crippen molar-refractivity contribution in [3.05, 3.63) is 41.6 Å². The fourth-order valence-corrected chi connectivity index (χ4v) is 4.72. The number of para-hydroxylation sites is 1. The lowest BCUT2D eigenvalue weighted by molar-refractivity contribution is 0.0752. The number of aryl methyl sites for hydroxylation is 1. The molecule has 0 aliphatic heterocycles. The fraction of sp³-hybridized carbons (Fsp3) is 0.500. The number of pyridine rings is 1. The van der Waals surface area contributed by atoms with Gasteiger partial charge in [0.15, 0.2) is 0 Å². The molecule has 2 aromatic rings. The molecular formula is C20H25N3O. The van der Waals surface area contributed by atoms with Crippen LogP contribution < -0.4 is 11.1 Å². The molecule has 0 saturated heterocycles. The lowest BCUT2D eigenvalue weighted by Crippen LogP contribution is -2.53. The van der Waals surface area contributed by atoms with E-state index in [9.17, 15) is 4.79 Å². The van der Waals surface area contributed by atoms with Crippen molar-refractivity contribution >= 4 is 16.8 Å². The number of rotatable bonds is 2. The van der Waals surface area contributed by atoms with E-state index >= 15 is 0 Å². The summed E-state index contributed by atoms with van der Waals surface area (Å²) in [5, 5.41) is 4.40. The normalized spacial score (nSPS) is 29.4. The molecule has 2 unspecified atom stereocenters. The third-order valence-corrected chi connectivity index (χ3v) is 5.83. The summed E-state index contributed by atoms with van der Waals surface area (Å²) in [6, 6.07) is 10.4. The third-order valence-electron chi connectivity index (χ3n) is 5.83. The van der Waals surface area contributed by atoms with E-state index < -0.39 is 0 Å². The van der Waals surface area contributed by atoms with Gasteiger partial charge in [-0.25, -0.2) is 4.98 Å². The highest BCUT2D eigenvalue weighted by molar-refractivity contribution is 5.96. The molecule has 2 bridgehead atoms. The number of fused-ring (bicyclic) bond motifs is 3. The summed E-state index contributed by atoms with van der Waals surface area (Å²) in [5.41, 5.74) is 8.69. The highest BCUT2D eigenvalue weighted by Crippen LogP contribution is 2.39. The van der Waals surface area contributed by atoms with Gasteiger partial charge in [0.2, 0.25) is 0 Å². The minimum atomic E-state index is -0.0405. The predicted octanol–water partition coefficient (Wildman–Crippen LogP) is 3.18. The summed E-state index contributed by atoms with van der Waals surface area (Å²) >= 11 is 0. The maximum atomic E-state index is 12.8. The molecule has 3 N–H and O–H groups in total. The van der Waals surface area contributed by atoms with E-state index in [0.29, 0.717) is 23.6 Å². The summed E-state index contributed by atoms with van der Waals surface area (Å²) < 4.78 is 0. The van der Waals surface area contributed by atoms with E-state index in [1.165, 1.54) is 19.3 Å². The molecule has 2 aliphatic rings. The van der Waals surface area contributed by atoms with Gasteiger partial charge in [0, 0.05) is 17.5 Å². The average Bonchev–Trinajstić information content (AvgIpc) is 2.55. The van der Waals surface area contributed by atoms with Gasteiger partial charge in [-0.1, -0.05) is 24.6 Å². The molecule has 2 saturated carbocycles. The summed E-state index contributed by atoms with van der Waals surface area (Å²) in [7, 11) is 0. The van der Waals surface area contributed by atoms with Gasteiger partial charge in [-0.3, -0.25) is 4.79 Å². The van der Waals surface area contributed by atoms with Crippen LogP contribution in [0, 0.1) is 18.8 Å². The van der Waals surface area contributed by atoms with Gasteiger partial charge >= 0.3 is 0 Å². The summed E-state index contributed by atoms with van der Waals surface area (Å²) in [4.78, 5) is 17.4. The van der Waals surface area contributed by atoms with Gasteiger partial charge in [-0.15, -0.1) is 0 Å². The monoisotopic (exact) mass is 323 g/mol. The number of nitrogens with two attached hydrogens (primary N) is 1. The Morgan fingerprint density at radius 1 is 1.21 bits per heavy atom. The number of aromatic nitrogens is 1. The molecular weight excluding hydrogens is 298 g/mol. The second-order valence-electron chi connectivity index (χ2n) is 7.52. The van der Waals surface area contributed by atoms with Crippen molar-refractivity contribution in [2.24, 2.45) is 17.6 Å². The molecule has 1 heterocycles. The Bertz CT molecular complexity index is 759. The number of benzene rings is 1. The van der Waals surface area contributed by atoms with Gasteiger partial charge in [0.1, 0.15) is 5.69 Å². The summed E-state index contributed by atoms with van der Waals surface area (Å²) in [6.07, 6.45) is 5.69. The zero-order valence-corrected chi connectivity index (χ0v) is 14.2. The van der Waals surface area contributed by atoms with Crippen LogP contribution in [0.3, 0.4) is 0 Å². The Morgan fingerprint density at radius 3 is 2.67 bits per heavy atom. The molecule has 24 heavy (non-hydrogen) atoms. The molecule has 4 nitrogen and oxygen atoms in total. The van der Waals surface area contributed by atoms with Crippen molar-refractivity contribution in [2.75, 3.05) is 0 Å². The Labute approximate surface area is 142 Å². The van der Waals surface area contributed by atoms with E-state index in [0.717, 1.165) is 29.3 Å². The van der Waals surface area contributed by atoms with Crippen molar-refractivity contribution in [2.45, 2.75) is 51.1 Å². The van der Waals surface area contributed by atoms with Crippen molar-refractivity contribution in [1.82, 2.24) is 10.3 Å². The van der Waals surface area contributed by atoms with E-state index in [-0.39, 0.29) is 11.9 Å². The standard InChI is InChI=1S/C20H25N3O/c1-12-9-18(22-17-8-3-2-7-16(12)17)20(24)23-19-13-5-4-6-14(19)11-15(21)10-13/h2-3,7-9,13-15,19H,4-6,10-11,21H2,1H3,(H,23,24). The van der Waals surface area contributed by atoms with Crippen molar-refractivity contribution in [3.63, 3.8) is 0 Å². The number of nitrogens with one attached hydrogen (secondary N) is 1. The number of nitrogens with zero attached hydrogens (tertiary/aromatic N) is 1. The second kappa shape index (κ2) is 6.17. The molecule has 1 aromatic heterocycles. The Kier molecular flexibility index (Phi) is 4.01. The zero-order chi connectivity index (χ0) is 16.7. The predicted molar refractivity (Wildman–Crippen MR) is 95.8 cm³/mol. The number of carbonyl (C=O) groups is 1. The topological polar surface area (TPSA) is 68.0 Å². The van der Waals surface area contributed by atoms with Gasteiger partial charge in [-0.05, 0) is 62.1 Å². The minimum absolute atomic E-state index is 0.0405. The Balaban J connectivity index is 1.58. The van der Waals surface area contributed by atoms with E-state index in [4.69, 9.17) is 5.73 Å². The summed E-state index contributed by atoms with van der Waals surface area (Å²) in [6.45, 7) is 2.04. The van der Waals surface area contributed by atoms with Crippen LogP contribution in [0.15, 0.2) is 30.3 Å². The second-order valence-corrected chi connectivity index (χ2v) is 7.52. The van der Waals surface area contributed by atoms with Crippen LogP contribution in [-0.2, 0) is 0 Å². The molecule has 2 fully saturated rings. The Morgan fingerprint density at radius 2 is 1.92 bits per heavy atom. The molecule has 4 rings (SSSR count). The highest BCUT2D eigenvalue weighted by Gasteiger charge is 2.40. The van der Waals surface area contributed by atoms with Gasteiger partial charge < -0.3 is 11.1 Å². The Hall–Kier alpha value is -1.94. The van der Waals surface area contributed by atoms with Gasteiger partial charge in [0.25, 0.3) is 5.91 Å². The van der Waals surface area contributed by atoms with Crippen LogP contribution >= 0.6 is 0 Å². The van der Waals surface area contributed by atoms with Crippen LogP contribution in [0.5, 0.6) is 0 Å². The molecule has 0 spiro atoms. The largest absolute Gasteiger partial charge is 0.347 e. The first-order chi connectivity index (χ1) is 11.6. The third kappa shape index (κ3) is 2.80. The first kappa shape index (κ1) is 15.6. The molecule has 0 radical (unpaired) electrons. The number of hydrogen-bond acceptors (Lipinski definition) is 3. The molecule has 4 heteroatoms. The van der Waals surface area contributed by atoms with Crippen molar-refractivity contribution in [1.29, 1.82) is 0 Å². The maximum Gasteiger partial charge on any atom is 0.270 e. The average molecular weight is 323 g/mol. The van der Waals surface area contributed by atoms with Crippen LogP contribution in [-0.4, -0.2) is 23.0 Å². The van der Waals surface area contributed by atoms with E-state index in [2.05, 4.69) is 10.3 Å². The van der Waals surface area contributed by atoms with Crippen LogP contribution in [0.2, 0.25) is 0 Å². The van der Waals surface area contributed by atoms with Gasteiger partial charge in [-0.2, -0.15) is 0 Å². The zero-order valence-electron chi connectivity index (χ0n) is 14.2. The maximum absolute atomic E-state index is 12.8. The van der Waals surface area contributed by atoms with Crippen molar-refractivity contribution < 1.29 is 4.79 Å². The molecule has 2 aliphatic carbocycles. The fourth-order valence-electron chi connectivity index (χ4n) is 4.72. The van der Waals surface area contributed by atoms with Gasteiger partial charge in [0.05, 0.1) is 5.52 Å². The smallest absolute Gasteiger partial charge is 0.270 e. The molecule has 1 amide bonds. The lowest BCUT2D eigenvalue weighted by atomic mass is 9.67. The van der Waals surface area contributed by atoms with E-state index in [1.54, 1.807) is 0 Å². The first-order valence-corrected chi connectivity index (χ1v) is 9.04. The number of hydrogen-bond donors (Lipinski definition) is 2. The first-order valence-electron chi connectivity index (χ1n) is 9.04. The van der Waals surface area contributed by atoms with Crippen LogP contribution in [0.25, 0.3) is 10.9 Å². The molecule has 2 atom stereocenters. The SMILES string of the molecule is Cc1cc(C(=O)NC2C3CCCC2CC(N)C3)nc2ccccc12. The lowest BCUT2D eigenvalue weighted by Gasteiger charge is -2.45. The summed E-state index contributed by atoms with van der Waals surface area (Å²) in [5.74, 6) is 1.01. The van der Waals surface area contributed by atoms with Crippen LogP contribution in [0.4, 0.5) is 0 Å². The highest BCUT2D eigenvalue weighted by atomic mass is 16.1.